The average molecular weight is 257 g/mol. The quantitative estimate of drug-likeness (QED) is 0.784. The van der Waals surface area contributed by atoms with E-state index in [0.717, 1.165) is 42.6 Å². The second-order valence-electron chi connectivity index (χ2n) is 4.84. The van der Waals surface area contributed by atoms with Crippen molar-refractivity contribution in [1.82, 2.24) is 0 Å². The molecular formula is C16H19NO2. The van der Waals surface area contributed by atoms with Crippen LogP contribution in [0.4, 0.5) is 5.69 Å². The molecule has 100 valence electrons. The number of amides is 1. The van der Waals surface area contributed by atoms with Crippen molar-refractivity contribution in [3.05, 3.63) is 29.3 Å². The average Bonchev–Trinajstić information content (AvgIpc) is 2.62. The van der Waals surface area contributed by atoms with E-state index in [2.05, 4.69) is 11.8 Å². The number of aryl methyl sites for hydroxylation is 1. The largest absolute Gasteiger partial charge is 0.384 e. The summed E-state index contributed by atoms with van der Waals surface area (Å²) in [6.45, 7) is 2.60. The number of carbonyl (C=O) groups is 1. The van der Waals surface area contributed by atoms with Gasteiger partial charge in [-0.15, -0.1) is 0 Å². The number of hydrogen-bond acceptors (Lipinski definition) is 2. The summed E-state index contributed by atoms with van der Waals surface area (Å²) < 4.78 is 0. The summed E-state index contributed by atoms with van der Waals surface area (Å²) in [4.78, 5) is 14.0. The van der Waals surface area contributed by atoms with Crippen molar-refractivity contribution < 1.29 is 9.90 Å². The number of rotatable bonds is 1. The van der Waals surface area contributed by atoms with E-state index in [-0.39, 0.29) is 12.5 Å². The van der Waals surface area contributed by atoms with Crippen LogP contribution in [0.5, 0.6) is 0 Å². The molecule has 0 atom stereocenters. The second-order valence-corrected chi connectivity index (χ2v) is 4.84. The molecule has 0 radical (unpaired) electrons. The number of aliphatic hydroxyl groups is 1. The van der Waals surface area contributed by atoms with Crippen LogP contribution in [0.2, 0.25) is 0 Å². The molecule has 0 spiro atoms. The summed E-state index contributed by atoms with van der Waals surface area (Å²) >= 11 is 0. The fourth-order valence-corrected chi connectivity index (χ4v) is 2.34. The number of benzene rings is 1. The van der Waals surface area contributed by atoms with Crippen LogP contribution in [0.3, 0.4) is 0 Å². The van der Waals surface area contributed by atoms with Crippen LogP contribution < -0.4 is 4.90 Å². The first-order valence-electron chi connectivity index (χ1n) is 6.73. The molecule has 1 amide bonds. The topological polar surface area (TPSA) is 40.5 Å². The van der Waals surface area contributed by atoms with Gasteiger partial charge in [-0.05, 0) is 37.5 Å². The van der Waals surface area contributed by atoms with Gasteiger partial charge in [0, 0.05) is 18.5 Å². The lowest BCUT2D eigenvalue weighted by Crippen LogP contribution is -2.30. The Hall–Kier alpha value is -1.79. The van der Waals surface area contributed by atoms with E-state index in [1.165, 1.54) is 0 Å². The van der Waals surface area contributed by atoms with Gasteiger partial charge in [-0.3, -0.25) is 4.79 Å². The molecule has 1 heterocycles. The van der Waals surface area contributed by atoms with Gasteiger partial charge in [0.25, 0.3) is 0 Å². The maximum Gasteiger partial charge on any atom is 0.227 e. The fraction of sp³-hybridized carbons (Fsp3) is 0.438. The standard InChI is InChI=1S/C16H19NO2/c1-13-8-9-14(6-5-11-18)15(12-13)17-10-4-2-3-7-16(17)19/h8-9,12,18H,2-4,7,10-11H2,1H3. The third kappa shape index (κ3) is 3.36. The molecule has 3 nitrogen and oxygen atoms in total. The molecule has 1 aliphatic heterocycles. The number of aliphatic hydroxyl groups excluding tert-OH is 1. The van der Waals surface area contributed by atoms with Gasteiger partial charge in [0.1, 0.15) is 6.61 Å². The van der Waals surface area contributed by atoms with Crippen molar-refractivity contribution in [3.8, 4) is 11.8 Å². The van der Waals surface area contributed by atoms with Crippen molar-refractivity contribution in [2.75, 3.05) is 18.1 Å². The van der Waals surface area contributed by atoms with Crippen molar-refractivity contribution in [2.45, 2.75) is 32.6 Å². The van der Waals surface area contributed by atoms with Gasteiger partial charge in [-0.1, -0.05) is 24.3 Å². The van der Waals surface area contributed by atoms with Crippen LogP contribution in [0.25, 0.3) is 0 Å². The zero-order chi connectivity index (χ0) is 13.7. The Kier molecular flexibility index (Phi) is 4.59. The van der Waals surface area contributed by atoms with Gasteiger partial charge >= 0.3 is 0 Å². The summed E-state index contributed by atoms with van der Waals surface area (Å²) in [5.41, 5.74) is 2.81. The second kappa shape index (κ2) is 6.40. The van der Waals surface area contributed by atoms with E-state index in [4.69, 9.17) is 5.11 Å². The Morgan fingerprint density at radius 3 is 2.95 bits per heavy atom. The molecule has 3 heteroatoms. The van der Waals surface area contributed by atoms with E-state index in [0.29, 0.717) is 6.42 Å². The van der Waals surface area contributed by atoms with Crippen LogP contribution in [0, 0.1) is 18.8 Å². The molecule has 0 saturated carbocycles. The van der Waals surface area contributed by atoms with Gasteiger partial charge in [0.15, 0.2) is 0 Å². The highest BCUT2D eigenvalue weighted by molar-refractivity contribution is 5.95. The van der Waals surface area contributed by atoms with Gasteiger partial charge in [-0.25, -0.2) is 0 Å². The minimum absolute atomic E-state index is 0.165. The number of anilines is 1. The number of nitrogens with zero attached hydrogens (tertiary/aromatic N) is 1. The van der Waals surface area contributed by atoms with Crippen LogP contribution >= 0.6 is 0 Å². The molecule has 1 aromatic carbocycles. The lowest BCUT2D eigenvalue weighted by Gasteiger charge is -2.22. The van der Waals surface area contributed by atoms with Crippen LogP contribution in [0.15, 0.2) is 18.2 Å². The maximum atomic E-state index is 12.2. The monoisotopic (exact) mass is 257 g/mol. The van der Waals surface area contributed by atoms with Crippen LogP contribution in [0.1, 0.15) is 36.8 Å². The summed E-state index contributed by atoms with van der Waals surface area (Å²) in [6, 6.07) is 5.91. The van der Waals surface area contributed by atoms with E-state index < -0.39 is 0 Å². The first-order valence-corrected chi connectivity index (χ1v) is 6.73. The smallest absolute Gasteiger partial charge is 0.227 e. The molecule has 1 saturated heterocycles. The normalized spacial score (nSPS) is 15.7. The summed E-state index contributed by atoms with van der Waals surface area (Å²) in [5.74, 6) is 5.77. The third-order valence-electron chi connectivity index (χ3n) is 3.32. The van der Waals surface area contributed by atoms with Crippen LogP contribution in [-0.2, 0) is 4.79 Å². The zero-order valence-corrected chi connectivity index (χ0v) is 11.3. The molecule has 0 unspecified atom stereocenters. The predicted molar refractivity (Wildman–Crippen MR) is 76.0 cm³/mol. The molecule has 0 aromatic heterocycles. The summed E-state index contributed by atoms with van der Waals surface area (Å²) in [6.07, 6.45) is 3.72. The Labute approximate surface area is 114 Å². The Morgan fingerprint density at radius 1 is 1.32 bits per heavy atom. The molecule has 1 aromatic rings. The van der Waals surface area contributed by atoms with Crippen LogP contribution in [-0.4, -0.2) is 24.2 Å². The number of hydrogen-bond donors (Lipinski definition) is 1. The minimum Gasteiger partial charge on any atom is -0.384 e. The first kappa shape index (κ1) is 13.6. The predicted octanol–water partition coefficient (Wildman–Crippen LogP) is 2.25. The molecule has 1 fully saturated rings. The lowest BCUT2D eigenvalue weighted by molar-refractivity contribution is -0.118. The molecule has 0 bridgehead atoms. The number of carbonyl (C=O) groups excluding carboxylic acids is 1. The molecule has 2 rings (SSSR count). The SMILES string of the molecule is Cc1ccc(C#CCO)c(N2CCCCCC2=O)c1. The third-order valence-corrected chi connectivity index (χ3v) is 3.32. The van der Waals surface area contributed by atoms with E-state index in [1.807, 2.05) is 30.0 Å². The Balaban J connectivity index is 2.40. The first-order chi connectivity index (χ1) is 9.22. The van der Waals surface area contributed by atoms with Gasteiger partial charge in [0.2, 0.25) is 5.91 Å². The van der Waals surface area contributed by atoms with Gasteiger partial charge in [-0.2, -0.15) is 0 Å². The minimum atomic E-state index is -0.165. The highest BCUT2D eigenvalue weighted by Crippen LogP contribution is 2.25. The maximum absolute atomic E-state index is 12.2. The molecular weight excluding hydrogens is 238 g/mol. The Bertz CT molecular complexity index is 525. The lowest BCUT2D eigenvalue weighted by atomic mass is 10.1. The zero-order valence-electron chi connectivity index (χ0n) is 11.3. The summed E-state index contributed by atoms with van der Waals surface area (Å²) in [5, 5.41) is 8.83. The fourth-order valence-electron chi connectivity index (χ4n) is 2.34. The summed E-state index contributed by atoms with van der Waals surface area (Å²) in [7, 11) is 0. The highest BCUT2D eigenvalue weighted by atomic mass is 16.2. The molecule has 19 heavy (non-hydrogen) atoms. The van der Waals surface area contributed by atoms with Gasteiger partial charge < -0.3 is 10.0 Å². The van der Waals surface area contributed by atoms with E-state index >= 15 is 0 Å². The Morgan fingerprint density at radius 2 is 2.16 bits per heavy atom. The highest BCUT2D eigenvalue weighted by Gasteiger charge is 2.20. The van der Waals surface area contributed by atoms with Gasteiger partial charge in [0.05, 0.1) is 5.69 Å². The van der Waals surface area contributed by atoms with E-state index in [1.54, 1.807) is 0 Å². The van der Waals surface area contributed by atoms with Crippen molar-refractivity contribution in [3.63, 3.8) is 0 Å². The van der Waals surface area contributed by atoms with E-state index in [9.17, 15) is 4.79 Å². The van der Waals surface area contributed by atoms with Crippen molar-refractivity contribution in [2.24, 2.45) is 0 Å². The van der Waals surface area contributed by atoms with Crippen molar-refractivity contribution >= 4 is 11.6 Å². The molecule has 0 aliphatic carbocycles. The molecule has 1 aliphatic rings. The molecule has 1 N–H and O–H groups in total. The van der Waals surface area contributed by atoms with Crippen molar-refractivity contribution in [1.29, 1.82) is 0 Å².